The molecule has 2 heterocycles. The van der Waals surface area contributed by atoms with E-state index >= 15 is 0 Å². The minimum absolute atomic E-state index is 0.0624. The summed E-state index contributed by atoms with van der Waals surface area (Å²) in [7, 11) is 1.75. The largest absolute Gasteiger partial charge is 0.465 e. The van der Waals surface area contributed by atoms with E-state index in [-0.39, 0.29) is 64.5 Å². The Balaban J connectivity index is 0.998. The van der Waals surface area contributed by atoms with E-state index in [2.05, 4.69) is 37.5 Å². The van der Waals surface area contributed by atoms with Crippen molar-refractivity contribution in [1.82, 2.24) is 10.6 Å². The van der Waals surface area contributed by atoms with E-state index in [0.717, 1.165) is 90.1 Å². The van der Waals surface area contributed by atoms with Gasteiger partial charge in [0, 0.05) is 30.4 Å². The number of allylic oxidation sites excluding steroid dienone is 1. The van der Waals surface area contributed by atoms with Crippen LogP contribution in [0.25, 0.3) is 0 Å². The number of carbonyl (C=O) groups excluding carboxylic acids is 3. The van der Waals surface area contributed by atoms with E-state index in [1.54, 1.807) is 7.11 Å². The summed E-state index contributed by atoms with van der Waals surface area (Å²) in [5.41, 5.74) is -0.0573. The molecule has 0 radical (unpaired) electrons. The van der Waals surface area contributed by atoms with Crippen molar-refractivity contribution in [3.8, 4) is 0 Å². The van der Waals surface area contributed by atoms with Crippen LogP contribution in [0.5, 0.6) is 0 Å². The lowest BCUT2D eigenvalue weighted by atomic mass is 9.53. The lowest BCUT2D eigenvalue weighted by molar-refractivity contribution is -0.153. The standard InChI is InChI=1S/C35H54N2O7/c1-23(2)10-11-26-32(3,44-26)28-27(41-4)25(12-13-35(28)22-43-35)37-31(40)34-17-14-33(15-18-34,16-19-34)30(39)36-20-7-21-42-29(38)24-8-5-6-9-24/h10,24-28H,5-9,11-22H2,1-4H3,(H,36,39)(H,37,40)/t25-,26-,27-,28-,32+,33?,34?,35+/m1/s1. The number of ether oxygens (including phenoxy) is 4. The van der Waals surface area contributed by atoms with Crippen LogP contribution in [0.4, 0.5) is 0 Å². The van der Waals surface area contributed by atoms with Crippen molar-refractivity contribution in [3.05, 3.63) is 11.6 Å². The maximum atomic E-state index is 14.0. The molecule has 7 aliphatic rings. The fraction of sp³-hybridized carbons (Fsp3) is 0.857. The Bertz CT molecular complexity index is 1110. The Labute approximate surface area is 262 Å². The van der Waals surface area contributed by atoms with Gasteiger partial charge in [-0.05, 0) is 97.8 Å². The molecule has 246 valence electrons. The molecular formula is C35H54N2O7. The Morgan fingerprint density at radius 1 is 0.932 bits per heavy atom. The molecule has 44 heavy (non-hydrogen) atoms. The quantitative estimate of drug-likeness (QED) is 0.141. The second kappa shape index (κ2) is 12.3. The Hall–Kier alpha value is -1.97. The molecule has 7 fully saturated rings. The highest BCUT2D eigenvalue weighted by atomic mass is 16.6. The normalized spacial score (nSPS) is 40.8. The first-order valence-corrected chi connectivity index (χ1v) is 17.3. The minimum Gasteiger partial charge on any atom is -0.465 e. The molecule has 9 nitrogen and oxygen atoms in total. The van der Waals surface area contributed by atoms with Crippen molar-refractivity contribution in [2.45, 2.75) is 140 Å². The Kier molecular flexibility index (Phi) is 8.96. The van der Waals surface area contributed by atoms with Gasteiger partial charge in [0.05, 0.1) is 43.0 Å². The van der Waals surface area contributed by atoms with Gasteiger partial charge in [-0.25, -0.2) is 0 Å². The number of hydrogen-bond donors (Lipinski definition) is 2. The zero-order valence-electron chi connectivity index (χ0n) is 27.3. The van der Waals surface area contributed by atoms with Gasteiger partial charge >= 0.3 is 5.97 Å². The average molecular weight is 615 g/mol. The van der Waals surface area contributed by atoms with Gasteiger partial charge < -0.3 is 29.6 Å². The number of esters is 1. The van der Waals surface area contributed by atoms with E-state index < -0.39 is 5.41 Å². The molecule has 2 amide bonds. The lowest BCUT2D eigenvalue weighted by Gasteiger charge is -2.52. The van der Waals surface area contributed by atoms with Gasteiger partial charge in [-0.15, -0.1) is 0 Å². The Morgan fingerprint density at radius 2 is 1.57 bits per heavy atom. The third-order valence-electron chi connectivity index (χ3n) is 12.4. The first-order chi connectivity index (χ1) is 21.1. The van der Waals surface area contributed by atoms with Crippen LogP contribution in [-0.4, -0.2) is 74.1 Å². The summed E-state index contributed by atoms with van der Waals surface area (Å²) in [5, 5.41) is 6.57. The van der Waals surface area contributed by atoms with Crippen molar-refractivity contribution in [3.63, 3.8) is 0 Å². The van der Waals surface area contributed by atoms with Crippen LogP contribution in [0, 0.1) is 22.7 Å². The van der Waals surface area contributed by atoms with Gasteiger partial charge in [0.25, 0.3) is 0 Å². The SMILES string of the molecule is CO[C@@H]1[C@H](NC(=O)C23CCC(C(=O)NCCCOC(=O)C4CCCC4)(CC2)CC3)CC[C@]2(CO2)[C@H]1[C@@]1(C)O[C@@H]1CC=C(C)C. The molecule has 0 unspecified atom stereocenters. The second-order valence-electron chi connectivity index (χ2n) is 15.3. The first-order valence-electron chi connectivity index (χ1n) is 17.3. The van der Waals surface area contributed by atoms with Gasteiger partial charge in [0.15, 0.2) is 0 Å². The van der Waals surface area contributed by atoms with Gasteiger partial charge in [0.2, 0.25) is 11.8 Å². The van der Waals surface area contributed by atoms with E-state index in [9.17, 15) is 14.4 Å². The van der Waals surface area contributed by atoms with E-state index in [0.29, 0.717) is 19.6 Å². The van der Waals surface area contributed by atoms with Gasteiger partial charge in [-0.3, -0.25) is 14.4 Å². The highest BCUT2D eigenvalue weighted by molar-refractivity contribution is 5.87. The number of nitrogens with one attached hydrogen (secondary N) is 2. The molecule has 7 rings (SSSR count). The zero-order valence-corrected chi connectivity index (χ0v) is 27.3. The number of amides is 2. The Morgan fingerprint density at radius 3 is 2.16 bits per heavy atom. The fourth-order valence-corrected chi connectivity index (χ4v) is 9.24. The zero-order chi connectivity index (χ0) is 31.2. The number of rotatable bonds is 12. The first kappa shape index (κ1) is 32.0. The molecule has 0 aromatic carbocycles. The summed E-state index contributed by atoms with van der Waals surface area (Å²) in [4.78, 5) is 39.4. The fourth-order valence-electron chi connectivity index (χ4n) is 9.24. The molecule has 0 aromatic rings. The smallest absolute Gasteiger partial charge is 0.308 e. The molecule has 2 N–H and O–H groups in total. The molecular weight excluding hydrogens is 560 g/mol. The molecule has 5 aliphatic carbocycles. The van der Waals surface area contributed by atoms with Crippen molar-refractivity contribution >= 4 is 17.8 Å². The third-order valence-corrected chi connectivity index (χ3v) is 12.4. The lowest BCUT2D eigenvalue weighted by Crippen LogP contribution is -2.62. The van der Waals surface area contributed by atoms with Crippen LogP contribution in [0.3, 0.4) is 0 Å². The van der Waals surface area contributed by atoms with Crippen LogP contribution in [-0.2, 0) is 33.3 Å². The van der Waals surface area contributed by atoms with Crippen LogP contribution in [0.2, 0.25) is 0 Å². The molecule has 0 aromatic heterocycles. The van der Waals surface area contributed by atoms with Gasteiger partial charge in [0.1, 0.15) is 5.60 Å². The molecule has 5 saturated carbocycles. The van der Waals surface area contributed by atoms with E-state index in [1.807, 2.05) is 0 Å². The second-order valence-corrected chi connectivity index (χ2v) is 15.3. The maximum absolute atomic E-state index is 14.0. The number of methoxy groups -OCH3 is 1. The molecule has 2 aliphatic heterocycles. The number of epoxide rings is 2. The predicted molar refractivity (Wildman–Crippen MR) is 165 cm³/mol. The number of fused-ring (bicyclic) bond motifs is 3. The predicted octanol–water partition coefficient (Wildman–Crippen LogP) is 4.76. The molecule has 6 atom stereocenters. The summed E-state index contributed by atoms with van der Waals surface area (Å²) in [6.45, 7) is 8.00. The summed E-state index contributed by atoms with van der Waals surface area (Å²) < 4.78 is 24.1. The van der Waals surface area contributed by atoms with Crippen molar-refractivity contribution in [2.75, 3.05) is 26.9 Å². The van der Waals surface area contributed by atoms with Crippen LogP contribution in [0.15, 0.2) is 11.6 Å². The number of hydrogen-bond acceptors (Lipinski definition) is 7. The van der Waals surface area contributed by atoms with Crippen LogP contribution >= 0.6 is 0 Å². The molecule has 2 saturated heterocycles. The van der Waals surface area contributed by atoms with Crippen molar-refractivity contribution < 1.29 is 33.3 Å². The van der Waals surface area contributed by atoms with E-state index in [1.165, 1.54) is 5.57 Å². The summed E-state index contributed by atoms with van der Waals surface area (Å²) >= 11 is 0. The average Bonchev–Trinajstić information content (AvgIpc) is 3.86. The van der Waals surface area contributed by atoms with E-state index in [4.69, 9.17) is 18.9 Å². The van der Waals surface area contributed by atoms with Crippen molar-refractivity contribution in [1.29, 1.82) is 0 Å². The third kappa shape index (κ3) is 5.97. The van der Waals surface area contributed by atoms with Crippen LogP contribution < -0.4 is 10.6 Å². The van der Waals surface area contributed by atoms with Gasteiger partial charge in [-0.2, -0.15) is 0 Å². The van der Waals surface area contributed by atoms with Gasteiger partial charge in [-0.1, -0.05) is 24.5 Å². The van der Waals surface area contributed by atoms with Crippen molar-refractivity contribution in [2.24, 2.45) is 22.7 Å². The topological polar surface area (TPSA) is 119 Å². The highest BCUT2D eigenvalue weighted by Gasteiger charge is 2.72. The monoisotopic (exact) mass is 614 g/mol. The summed E-state index contributed by atoms with van der Waals surface area (Å²) in [6, 6.07) is -0.0912. The number of carbonyl (C=O) groups is 3. The highest BCUT2D eigenvalue weighted by Crippen LogP contribution is 2.60. The molecule has 1 spiro atoms. The maximum Gasteiger partial charge on any atom is 0.308 e. The summed E-state index contributed by atoms with van der Waals surface area (Å²) in [6.07, 6.45) is 13.9. The molecule has 2 bridgehead atoms. The minimum atomic E-state index is -0.415. The van der Waals surface area contributed by atoms with Crippen LogP contribution in [0.1, 0.15) is 111 Å². The summed E-state index contributed by atoms with van der Waals surface area (Å²) in [5.74, 6) is 0.262. The molecule has 9 heteroatoms.